The maximum Gasteiger partial charge on any atom is 0.239 e. The van der Waals surface area contributed by atoms with Crippen molar-refractivity contribution < 1.29 is 13.2 Å². The molecule has 6 heteroatoms. The first-order valence-electron chi connectivity index (χ1n) is 6.94. The molecule has 1 heterocycles. The van der Waals surface area contributed by atoms with Gasteiger partial charge in [0.15, 0.2) is 9.84 Å². The second kappa shape index (κ2) is 5.49. The van der Waals surface area contributed by atoms with Gasteiger partial charge >= 0.3 is 0 Å². The number of sulfone groups is 1. The standard InChI is InChI=1S/C13H20N2O3S/c14-10-13(7-3-1-4-8-13)15-12(16)11-6-2-5-9-19(11,17)18/h11H,1-9H2,(H,15,16). The van der Waals surface area contributed by atoms with Crippen molar-refractivity contribution >= 4 is 15.7 Å². The summed E-state index contributed by atoms with van der Waals surface area (Å²) in [5.41, 5.74) is -0.845. The van der Waals surface area contributed by atoms with Gasteiger partial charge in [-0.2, -0.15) is 5.26 Å². The third kappa shape index (κ3) is 3.08. The van der Waals surface area contributed by atoms with Gasteiger partial charge in [-0.25, -0.2) is 8.42 Å². The molecule has 1 amide bonds. The molecule has 1 aliphatic heterocycles. The number of hydrogen-bond acceptors (Lipinski definition) is 4. The van der Waals surface area contributed by atoms with Crippen LogP contribution < -0.4 is 5.32 Å². The maximum atomic E-state index is 12.2. The van der Waals surface area contributed by atoms with Crippen molar-refractivity contribution in [3.05, 3.63) is 0 Å². The van der Waals surface area contributed by atoms with E-state index in [4.69, 9.17) is 0 Å². The summed E-state index contributed by atoms with van der Waals surface area (Å²) in [4.78, 5) is 12.2. The fraction of sp³-hybridized carbons (Fsp3) is 0.846. The van der Waals surface area contributed by atoms with Crippen LogP contribution in [0.2, 0.25) is 0 Å². The second-order valence-corrected chi connectivity index (χ2v) is 7.90. The SMILES string of the molecule is N#CC1(NC(=O)C2CCCCS2(=O)=O)CCCCC1. The number of carbonyl (C=O) groups excluding carboxylic acids is 1. The first-order valence-corrected chi connectivity index (χ1v) is 8.65. The van der Waals surface area contributed by atoms with Crippen LogP contribution in [0.1, 0.15) is 51.4 Å². The van der Waals surface area contributed by atoms with Gasteiger partial charge in [0, 0.05) is 0 Å². The molecule has 0 aromatic rings. The highest BCUT2D eigenvalue weighted by atomic mass is 32.2. The lowest BCUT2D eigenvalue weighted by Crippen LogP contribution is -2.54. The van der Waals surface area contributed by atoms with Crippen molar-refractivity contribution in [1.29, 1.82) is 5.26 Å². The van der Waals surface area contributed by atoms with Crippen molar-refractivity contribution in [2.45, 2.75) is 62.2 Å². The predicted octanol–water partition coefficient (Wildman–Crippen LogP) is 1.30. The molecular formula is C13H20N2O3S. The number of nitrogens with one attached hydrogen (secondary N) is 1. The van der Waals surface area contributed by atoms with Crippen LogP contribution in [0.25, 0.3) is 0 Å². The lowest BCUT2D eigenvalue weighted by Gasteiger charge is -2.33. The zero-order valence-electron chi connectivity index (χ0n) is 11.0. The van der Waals surface area contributed by atoms with Crippen molar-refractivity contribution in [1.82, 2.24) is 5.32 Å². The number of hydrogen-bond donors (Lipinski definition) is 1. The fourth-order valence-corrected chi connectivity index (χ4v) is 4.79. The van der Waals surface area contributed by atoms with E-state index in [2.05, 4.69) is 11.4 Å². The topological polar surface area (TPSA) is 87.0 Å². The largest absolute Gasteiger partial charge is 0.337 e. The molecule has 0 aromatic heterocycles. The van der Waals surface area contributed by atoms with Crippen LogP contribution in [-0.4, -0.2) is 30.9 Å². The summed E-state index contributed by atoms with van der Waals surface area (Å²) >= 11 is 0. The van der Waals surface area contributed by atoms with E-state index in [9.17, 15) is 18.5 Å². The second-order valence-electron chi connectivity index (χ2n) is 5.60. The summed E-state index contributed by atoms with van der Waals surface area (Å²) in [5, 5.41) is 11.1. The molecule has 1 unspecified atom stereocenters. The zero-order valence-corrected chi connectivity index (χ0v) is 11.8. The van der Waals surface area contributed by atoms with Crippen LogP contribution in [0.4, 0.5) is 0 Å². The summed E-state index contributed by atoms with van der Waals surface area (Å²) < 4.78 is 23.8. The molecule has 2 fully saturated rings. The molecule has 19 heavy (non-hydrogen) atoms. The van der Waals surface area contributed by atoms with Crippen molar-refractivity contribution in [3.8, 4) is 6.07 Å². The smallest absolute Gasteiger partial charge is 0.239 e. The van der Waals surface area contributed by atoms with Gasteiger partial charge in [-0.05, 0) is 25.7 Å². The molecule has 1 atom stereocenters. The minimum absolute atomic E-state index is 0.0879. The van der Waals surface area contributed by atoms with Crippen LogP contribution >= 0.6 is 0 Å². The molecule has 2 aliphatic rings. The van der Waals surface area contributed by atoms with E-state index in [-0.39, 0.29) is 5.75 Å². The van der Waals surface area contributed by atoms with E-state index < -0.39 is 26.5 Å². The molecule has 0 bridgehead atoms. The van der Waals surface area contributed by atoms with Crippen LogP contribution in [0.3, 0.4) is 0 Å². The van der Waals surface area contributed by atoms with E-state index >= 15 is 0 Å². The minimum Gasteiger partial charge on any atom is -0.337 e. The number of amides is 1. The van der Waals surface area contributed by atoms with Crippen LogP contribution in [-0.2, 0) is 14.6 Å². The number of rotatable bonds is 2. The molecule has 1 saturated heterocycles. The van der Waals surface area contributed by atoms with Gasteiger partial charge < -0.3 is 5.32 Å². The molecule has 0 aromatic carbocycles. The van der Waals surface area contributed by atoms with Gasteiger partial charge in [-0.1, -0.05) is 25.7 Å². The summed E-state index contributed by atoms with van der Waals surface area (Å²) in [6.07, 6.45) is 5.92. The molecule has 1 aliphatic carbocycles. The minimum atomic E-state index is -3.33. The highest BCUT2D eigenvalue weighted by Gasteiger charge is 2.40. The third-order valence-corrected chi connectivity index (χ3v) is 6.33. The molecule has 2 rings (SSSR count). The van der Waals surface area contributed by atoms with E-state index in [1.54, 1.807) is 0 Å². The van der Waals surface area contributed by atoms with Gasteiger partial charge in [-0.3, -0.25) is 4.79 Å². The van der Waals surface area contributed by atoms with Gasteiger partial charge in [-0.15, -0.1) is 0 Å². The maximum absolute atomic E-state index is 12.2. The summed E-state index contributed by atoms with van der Waals surface area (Å²) in [6, 6.07) is 2.19. The Morgan fingerprint density at radius 3 is 2.42 bits per heavy atom. The molecule has 1 saturated carbocycles. The normalized spacial score (nSPS) is 29.1. The fourth-order valence-electron chi connectivity index (χ4n) is 2.99. The first-order chi connectivity index (χ1) is 8.99. The van der Waals surface area contributed by atoms with Crippen molar-refractivity contribution in [2.75, 3.05) is 5.75 Å². The van der Waals surface area contributed by atoms with Crippen LogP contribution in [0.5, 0.6) is 0 Å². The van der Waals surface area contributed by atoms with E-state index in [0.717, 1.165) is 25.7 Å². The van der Waals surface area contributed by atoms with Gasteiger partial charge in [0.1, 0.15) is 10.8 Å². The highest BCUT2D eigenvalue weighted by molar-refractivity contribution is 7.92. The molecule has 5 nitrogen and oxygen atoms in total. The monoisotopic (exact) mass is 284 g/mol. The van der Waals surface area contributed by atoms with Gasteiger partial charge in [0.05, 0.1) is 11.8 Å². The summed E-state index contributed by atoms with van der Waals surface area (Å²) in [5.74, 6) is -0.381. The lowest BCUT2D eigenvalue weighted by atomic mass is 9.82. The quantitative estimate of drug-likeness (QED) is 0.828. The molecule has 1 N–H and O–H groups in total. The lowest BCUT2D eigenvalue weighted by molar-refractivity contribution is -0.122. The van der Waals surface area contributed by atoms with Crippen LogP contribution in [0.15, 0.2) is 0 Å². The number of carbonyl (C=O) groups is 1. The Labute approximate surface area is 114 Å². The third-order valence-electron chi connectivity index (χ3n) is 4.15. The molecule has 0 radical (unpaired) electrons. The molecule has 106 valence electrons. The van der Waals surface area contributed by atoms with Crippen molar-refractivity contribution in [3.63, 3.8) is 0 Å². The average Bonchev–Trinajstić information content (AvgIpc) is 2.39. The Kier molecular flexibility index (Phi) is 4.14. The Hall–Kier alpha value is -1.09. The average molecular weight is 284 g/mol. The molecule has 0 spiro atoms. The zero-order chi connectivity index (χ0) is 13.9. The Morgan fingerprint density at radius 1 is 1.16 bits per heavy atom. The van der Waals surface area contributed by atoms with E-state index in [1.165, 1.54) is 0 Å². The van der Waals surface area contributed by atoms with Crippen molar-refractivity contribution in [2.24, 2.45) is 0 Å². The van der Waals surface area contributed by atoms with Gasteiger partial charge in [0.2, 0.25) is 5.91 Å². The first kappa shape index (κ1) is 14.3. The number of nitriles is 1. The Balaban J connectivity index is 2.09. The predicted molar refractivity (Wildman–Crippen MR) is 71.0 cm³/mol. The Bertz CT molecular complexity index is 487. The van der Waals surface area contributed by atoms with E-state index in [0.29, 0.717) is 25.7 Å². The Morgan fingerprint density at radius 2 is 1.84 bits per heavy atom. The summed E-state index contributed by atoms with van der Waals surface area (Å²) in [6.45, 7) is 0. The summed E-state index contributed by atoms with van der Waals surface area (Å²) in [7, 11) is -3.33. The highest BCUT2D eigenvalue weighted by Crippen LogP contribution is 2.28. The van der Waals surface area contributed by atoms with E-state index in [1.807, 2.05) is 0 Å². The van der Waals surface area contributed by atoms with Gasteiger partial charge in [0.25, 0.3) is 0 Å². The molecular weight excluding hydrogens is 264 g/mol. The van der Waals surface area contributed by atoms with Crippen LogP contribution in [0, 0.1) is 11.3 Å². The number of nitrogens with zero attached hydrogens (tertiary/aromatic N) is 1.